The summed E-state index contributed by atoms with van der Waals surface area (Å²) in [6.45, 7) is 6.86. The molecule has 0 amide bonds. The Bertz CT molecular complexity index is 401. The van der Waals surface area contributed by atoms with Gasteiger partial charge in [0.05, 0.1) is 6.10 Å². The number of fused-ring (bicyclic) bond motifs is 1. The summed E-state index contributed by atoms with van der Waals surface area (Å²) in [5.74, 6) is 0.772. The zero-order valence-corrected chi connectivity index (χ0v) is 12.4. The molecule has 2 fully saturated rings. The van der Waals surface area contributed by atoms with Crippen molar-refractivity contribution in [2.24, 2.45) is 11.3 Å². The van der Waals surface area contributed by atoms with Crippen molar-refractivity contribution in [2.75, 3.05) is 20.2 Å². The second kappa shape index (κ2) is 4.62. The highest BCUT2D eigenvalue weighted by atomic mass is 32.1. The van der Waals surface area contributed by atoms with Crippen LogP contribution < -0.4 is 0 Å². The smallest absolute Gasteiger partial charge is 0.0685 e. The minimum atomic E-state index is 0.325. The minimum Gasteiger partial charge on any atom is -0.377 e. The first-order valence-electron chi connectivity index (χ1n) is 6.95. The van der Waals surface area contributed by atoms with Crippen LogP contribution in [0.25, 0.3) is 0 Å². The first-order chi connectivity index (χ1) is 8.60. The summed E-state index contributed by atoms with van der Waals surface area (Å²) in [4.78, 5) is 4.06. The maximum Gasteiger partial charge on any atom is 0.0685 e. The summed E-state index contributed by atoms with van der Waals surface area (Å²) in [6, 6.07) is 5.09. The van der Waals surface area contributed by atoms with E-state index in [-0.39, 0.29) is 0 Å². The van der Waals surface area contributed by atoms with E-state index >= 15 is 0 Å². The predicted molar refractivity (Wildman–Crippen MR) is 76.1 cm³/mol. The van der Waals surface area contributed by atoms with Crippen molar-refractivity contribution in [3.63, 3.8) is 0 Å². The van der Waals surface area contributed by atoms with Crippen molar-refractivity contribution < 1.29 is 4.74 Å². The van der Waals surface area contributed by atoms with Gasteiger partial charge in [0.1, 0.15) is 0 Å². The van der Waals surface area contributed by atoms with Crippen LogP contribution in [0.15, 0.2) is 17.5 Å². The van der Waals surface area contributed by atoms with E-state index in [0.717, 1.165) is 19.1 Å². The van der Waals surface area contributed by atoms with E-state index < -0.39 is 0 Å². The van der Waals surface area contributed by atoms with Crippen LogP contribution in [0, 0.1) is 11.3 Å². The summed E-state index contributed by atoms with van der Waals surface area (Å²) in [7, 11) is 2.29. The monoisotopic (exact) mass is 265 g/mol. The average Bonchev–Trinajstić information content (AvgIpc) is 2.95. The molecule has 3 heteroatoms. The zero-order chi connectivity index (χ0) is 12.8. The van der Waals surface area contributed by atoms with Gasteiger partial charge in [0, 0.05) is 35.4 Å². The van der Waals surface area contributed by atoms with Gasteiger partial charge in [-0.2, -0.15) is 0 Å². The van der Waals surface area contributed by atoms with Gasteiger partial charge in [-0.1, -0.05) is 19.9 Å². The van der Waals surface area contributed by atoms with E-state index in [9.17, 15) is 0 Å². The Morgan fingerprint density at radius 1 is 1.50 bits per heavy atom. The maximum atomic E-state index is 5.87. The molecule has 0 aromatic carbocycles. The molecule has 1 aliphatic carbocycles. The fraction of sp³-hybridized carbons (Fsp3) is 0.733. The Morgan fingerprint density at radius 3 is 3.06 bits per heavy atom. The Balaban J connectivity index is 1.60. The van der Waals surface area contributed by atoms with E-state index in [1.54, 1.807) is 0 Å². The van der Waals surface area contributed by atoms with E-state index in [1.165, 1.54) is 17.7 Å². The van der Waals surface area contributed by atoms with Gasteiger partial charge in [0.15, 0.2) is 0 Å². The summed E-state index contributed by atoms with van der Waals surface area (Å²) in [5.41, 5.74) is 0.325. The first kappa shape index (κ1) is 12.6. The SMILES string of the molecule is CN(CCc1cccs1)[C@@H]1[C@H]2CCO[C@H]2C1(C)C. The van der Waals surface area contributed by atoms with E-state index in [1.807, 2.05) is 11.3 Å². The summed E-state index contributed by atoms with van der Waals surface area (Å²) in [5, 5.41) is 2.17. The van der Waals surface area contributed by atoms with E-state index in [4.69, 9.17) is 4.74 Å². The molecule has 0 bridgehead atoms. The number of rotatable bonds is 4. The molecule has 0 unspecified atom stereocenters. The molecule has 2 nitrogen and oxygen atoms in total. The van der Waals surface area contributed by atoms with Gasteiger partial charge in [-0.25, -0.2) is 0 Å². The lowest BCUT2D eigenvalue weighted by Crippen LogP contribution is -2.66. The lowest BCUT2D eigenvalue weighted by Gasteiger charge is -2.58. The molecule has 2 heterocycles. The number of nitrogens with zero attached hydrogens (tertiary/aromatic N) is 1. The molecule has 0 N–H and O–H groups in total. The van der Waals surface area contributed by atoms with Gasteiger partial charge in [-0.05, 0) is 31.3 Å². The Morgan fingerprint density at radius 2 is 2.33 bits per heavy atom. The van der Waals surface area contributed by atoms with Gasteiger partial charge in [0.25, 0.3) is 0 Å². The standard InChI is InChI=1S/C15H23NOS/c1-15(2)13(12-7-9-17-14(12)15)16(3)8-6-11-5-4-10-18-11/h4-5,10,12-14H,6-9H2,1-3H3/t12-,13-,14-/m1/s1. The Hall–Kier alpha value is -0.380. The molecular weight excluding hydrogens is 242 g/mol. The topological polar surface area (TPSA) is 12.5 Å². The quantitative estimate of drug-likeness (QED) is 0.829. The molecule has 3 atom stereocenters. The van der Waals surface area contributed by atoms with Gasteiger partial charge in [-0.15, -0.1) is 11.3 Å². The normalized spacial score (nSPS) is 33.4. The van der Waals surface area contributed by atoms with E-state index in [0.29, 0.717) is 17.6 Å². The highest BCUT2D eigenvalue weighted by Gasteiger charge is 2.60. The van der Waals surface area contributed by atoms with Crippen molar-refractivity contribution >= 4 is 11.3 Å². The van der Waals surface area contributed by atoms with Crippen molar-refractivity contribution in [1.29, 1.82) is 0 Å². The van der Waals surface area contributed by atoms with Crippen LogP contribution in [-0.2, 0) is 11.2 Å². The highest BCUT2D eigenvalue weighted by molar-refractivity contribution is 7.09. The van der Waals surface area contributed by atoms with Gasteiger partial charge >= 0.3 is 0 Å². The molecule has 18 heavy (non-hydrogen) atoms. The molecule has 2 aliphatic rings. The van der Waals surface area contributed by atoms with Crippen LogP contribution >= 0.6 is 11.3 Å². The van der Waals surface area contributed by atoms with Gasteiger partial charge in [0.2, 0.25) is 0 Å². The third-order valence-corrected chi connectivity index (χ3v) is 5.74. The molecule has 0 radical (unpaired) electrons. The van der Waals surface area contributed by atoms with Crippen molar-refractivity contribution in [3.05, 3.63) is 22.4 Å². The molecule has 100 valence electrons. The maximum absolute atomic E-state index is 5.87. The fourth-order valence-corrected chi connectivity index (χ4v) is 4.77. The second-order valence-corrected chi connectivity index (χ2v) is 7.35. The van der Waals surface area contributed by atoms with E-state index in [2.05, 4.69) is 43.3 Å². The minimum absolute atomic E-state index is 0.325. The predicted octanol–water partition coefficient (Wildman–Crippen LogP) is 3.04. The third kappa shape index (κ3) is 1.93. The second-order valence-electron chi connectivity index (χ2n) is 6.32. The average molecular weight is 265 g/mol. The lowest BCUT2D eigenvalue weighted by molar-refractivity contribution is -0.149. The molecule has 1 aromatic rings. The molecule has 3 rings (SSSR count). The van der Waals surface area contributed by atoms with Crippen LogP contribution in [0.1, 0.15) is 25.1 Å². The Kier molecular flexibility index (Phi) is 3.25. The summed E-state index contributed by atoms with van der Waals surface area (Å²) >= 11 is 1.87. The first-order valence-corrected chi connectivity index (χ1v) is 7.83. The summed E-state index contributed by atoms with van der Waals surface area (Å²) in [6.07, 6.45) is 2.94. The van der Waals surface area contributed by atoms with Crippen molar-refractivity contribution in [2.45, 2.75) is 38.8 Å². The molecular formula is C15H23NOS. The largest absolute Gasteiger partial charge is 0.377 e. The molecule has 1 aliphatic heterocycles. The summed E-state index contributed by atoms with van der Waals surface area (Å²) < 4.78 is 5.87. The number of ether oxygens (including phenoxy) is 1. The molecule has 1 saturated carbocycles. The van der Waals surface area contributed by atoms with Crippen LogP contribution in [0.2, 0.25) is 0 Å². The van der Waals surface area contributed by atoms with Gasteiger partial charge in [-0.3, -0.25) is 0 Å². The van der Waals surface area contributed by atoms with Crippen LogP contribution in [0.3, 0.4) is 0 Å². The van der Waals surface area contributed by atoms with Gasteiger partial charge < -0.3 is 9.64 Å². The molecule has 0 spiro atoms. The number of hydrogen-bond acceptors (Lipinski definition) is 3. The van der Waals surface area contributed by atoms with Crippen molar-refractivity contribution in [1.82, 2.24) is 4.90 Å². The van der Waals surface area contributed by atoms with Crippen LogP contribution in [0.4, 0.5) is 0 Å². The van der Waals surface area contributed by atoms with Crippen LogP contribution in [0.5, 0.6) is 0 Å². The number of likely N-dealkylation sites (N-methyl/N-ethyl adjacent to an activating group) is 1. The fourth-order valence-electron chi connectivity index (χ4n) is 4.07. The lowest BCUT2D eigenvalue weighted by atomic mass is 9.57. The highest BCUT2D eigenvalue weighted by Crippen LogP contribution is 2.54. The zero-order valence-electron chi connectivity index (χ0n) is 11.6. The van der Waals surface area contributed by atoms with Crippen LogP contribution in [-0.4, -0.2) is 37.2 Å². The molecule has 1 saturated heterocycles. The molecule has 1 aromatic heterocycles. The third-order valence-electron chi connectivity index (χ3n) is 4.80. The number of hydrogen-bond donors (Lipinski definition) is 0. The van der Waals surface area contributed by atoms with Crippen molar-refractivity contribution in [3.8, 4) is 0 Å². The number of thiophene rings is 1. The Labute approximate surface area is 114 Å².